The highest BCUT2D eigenvalue weighted by atomic mass is 16.2. The Morgan fingerprint density at radius 2 is 1.80 bits per heavy atom. The molecule has 1 saturated heterocycles. The van der Waals surface area contributed by atoms with Gasteiger partial charge < -0.3 is 5.32 Å². The van der Waals surface area contributed by atoms with E-state index < -0.39 is 11.6 Å². The fourth-order valence-corrected chi connectivity index (χ4v) is 2.57. The average Bonchev–Trinajstić information content (AvgIpc) is 2.54. The van der Waals surface area contributed by atoms with Crippen molar-refractivity contribution in [3.8, 4) is 0 Å². The lowest BCUT2D eigenvalue weighted by molar-refractivity contribution is -0.136. The van der Waals surface area contributed by atoms with Gasteiger partial charge in [0.2, 0.25) is 0 Å². The zero-order chi connectivity index (χ0) is 15.3. The maximum Gasteiger partial charge on any atom is 0.325 e. The normalized spacial score (nSPS) is 17.6. The van der Waals surface area contributed by atoms with E-state index in [-0.39, 0.29) is 18.4 Å². The monoisotopic (exact) mass is 284 g/mol. The molecule has 4 amide bonds. The van der Waals surface area contributed by atoms with E-state index in [1.807, 2.05) is 13.8 Å². The first-order valence-corrected chi connectivity index (χ1v) is 6.97. The summed E-state index contributed by atoms with van der Waals surface area (Å²) in [6.45, 7) is 3.69. The molecule has 2 N–H and O–H groups in total. The molecule has 1 aliphatic heterocycles. The van der Waals surface area contributed by atoms with Gasteiger partial charge in [-0.1, -0.05) is 26.7 Å². The summed E-state index contributed by atoms with van der Waals surface area (Å²) in [6.07, 6.45) is 2.78. The second-order valence-corrected chi connectivity index (χ2v) is 5.33. The Morgan fingerprint density at radius 1 is 1.25 bits per heavy atom. The van der Waals surface area contributed by atoms with Gasteiger partial charge >= 0.3 is 6.03 Å². The van der Waals surface area contributed by atoms with E-state index >= 15 is 0 Å². The summed E-state index contributed by atoms with van der Waals surface area (Å²) in [5.74, 6) is -0.678. The van der Waals surface area contributed by atoms with Crippen LogP contribution in [-0.4, -0.2) is 53.9 Å². The molecule has 0 atom stereocenters. The van der Waals surface area contributed by atoms with Gasteiger partial charge in [0, 0.05) is 14.1 Å². The van der Waals surface area contributed by atoms with E-state index in [0.717, 1.165) is 17.7 Å². The SMILES string of the molecule is CCCC1(CCC)NC(=O)N(CC(=O)NN(C)C)C1=O. The van der Waals surface area contributed by atoms with Crippen molar-refractivity contribution in [1.29, 1.82) is 0 Å². The quantitative estimate of drug-likeness (QED) is 0.526. The number of carbonyl (C=O) groups is 3. The van der Waals surface area contributed by atoms with Crippen molar-refractivity contribution in [1.82, 2.24) is 20.7 Å². The third-order valence-electron chi connectivity index (χ3n) is 3.25. The third kappa shape index (κ3) is 3.47. The van der Waals surface area contributed by atoms with E-state index in [0.29, 0.717) is 12.8 Å². The average molecular weight is 284 g/mol. The molecule has 7 nitrogen and oxygen atoms in total. The fraction of sp³-hybridized carbons (Fsp3) is 0.769. The summed E-state index contributed by atoms with van der Waals surface area (Å²) in [7, 11) is 3.34. The third-order valence-corrected chi connectivity index (χ3v) is 3.25. The van der Waals surface area contributed by atoms with Crippen LogP contribution in [0.2, 0.25) is 0 Å². The lowest BCUT2D eigenvalue weighted by Crippen LogP contribution is -2.48. The molecule has 0 aromatic carbocycles. The van der Waals surface area contributed by atoms with Gasteiger partial charge in [-0.15, -0.1) is 0 Å². The highest BCUT2D eigenvalue weighted by Gasteiger charge is 2.50. The lowest BCUT2D eigenvalue weighted by Gasteiger charge is -2.25. The summed E-state index contributed by atoms with van der Waals surface area (Å²) < 4.78 is 0. The Labute approximate surface area is 119 Å². The molecule has 0 aromatic heterocycles. The summed E-state index contributed by atoms with van der Waals surface area (Å²) in [5, 5.41) is 4.25. The minimum absolute atomic E-state index is 0.252. The van der Waals surface area contributed by atoms with Crippen LogP contribution in [0.1, 0.15) is 39.5 Å². The van der Waals surface area contributed by atoms with Crippen LogP contribution in [0.25, 0.3) is 0 Å². The maximum atomic E-state index is 12.5. The molecule has 0 unspecified atom stereocenters. The zero-order valence-electron chi connectivity index (χ0n) is 12.7. The van der Waals surface area contributed by atoms with Crippen LogP contribution in [-0.2, 0) is 9.59 Å². The van der Waals surface area contributed by atoms with Crippen LogP contribution >= 0.6 is 0 Å². The second kappa shape index (κ2) is 6.69. The molecule has 0 bridgehead atoms. The summed E-state index contributed by atoms with van der Waals surface area (Å²) in [5.41, 5.74) is 1.69. The maximum absolute atomic E-state index is 12.5. The Morgan fingerprint density at radius 3 is 2.25 bits per heavy atom. The molecule has 7 heteroatoms. The lowest BCUT2D eigenvalue weighted by atomic mass is 9.88. The second-order valence-electron chi connectivity index (χ2n) is 5.33. The molecule has 1 heterocycles. The first-order chi connectivity index (χ1) is 9.36. The van der Waals surface area contributed by atoms with E-state index in [4.69, 9.17) is 0 Å². The highest BCUT2D eigenvalue weighted by molar-refractivity contribution is 6.08. The topological polar surface area (TPSA) is 81.8 Å². The van der Waals surface area contributed by atoms with Crippen LogP contribution in [0.5, 0.6) is 0 Å². The van der Waals surface area contributed by atoms with Crippen molar-refractivity contribution in [2.24, 2.45) is 0 Å². The number of nitrogens with one attached hydrogen (secondary N) is 2. The van der Waals surface area contributed by atoms with Crippen LogP contribution in [0.4, 0.5) is 4.79 Å². The number of imide groups is 1. The molecule has 0 spiro atoms. The van der Waals surface area contributed by atoms with Gasteiger partial charge in [0.25, 0.3) is 11.8 Å². The smallest absolute Gasteiger partial charge is 0.323 e. The van der Waals surface area contributed by atoms with E-state index in [1.165, 1.54) is 5.01 Å². The van der Waals surface area contributed by atoms with Gasteiger partial charge in [0.05, 0.1) is 0 Å². The first-order valence-electron chi connectivity index (χ1n) is 6.97. The van der Waals surface area contributed by atoms with Gasteiger partial charge in [0.1, 0.15) is 12.1 Å². The molecule has 20 heavy (non-hydrogen) atoms. The Hall–Kier alpha value is -1.63. The molecule has 0 aromatic rings. The number of hydrogen-bond donors (Lipinski definition) is 2. The predicted molar refractivity (Wildman–Crippen MR) is 74.6 cm³/mol. The van der Waals surface area contributed by atoms with Gasteiger partial charge in [-0.05, 0) is 12.8 Å². The molecule has 1 fully saturated rings. The Bertz CT molecular complexity index is 389. The van der Waals surface area contributed by atoms with Crippen molar-refractivity contribution in [2.75, 3.05) is 20.6 Å². The van der Waals surface area contributed by atoms with Crippen LogP contribution in [0.15, 0.2) is 0 Å². The number of nitrogens with zero attached hydrogens (tertiary/aromatic N) is 2. The summed E-state index contributed by atoms with van der Waals surface area (Å²) in [4.78, 5) is 37.2. The Balaban J connectivity index is 2.82. The molecule has 114 valence electrons. The van der Waals surface area contributed by atoms with Crippen LogP contribution < -0.4 is 10.7 Å². The molecule has 0 radical (unpaired) electrons. The number of carbonyl (C=O) groups excluding carboxylic acids is 3. The number of urea groups is 1. The standard InChI is InChI=1S/C13H24N4O3/c1-5-7-13(8-6-2)11(19)17(12(20)14-13)9-10(18)15-16(3)4/h5-9H2,1-4H3,(H,14,20)(H,15,18). The summed E-state index contributed by atoms with van der Waals surface area (Å²) in [6, 6.07) is -0.481. The first kappa shape index (κ1) is 16.4. The van der Waals surface area contributed by atoms with Crippen molar-refractivity contribution >= 4 is 17.8 Å². The zero-order valence-corrected chi connectivity index (χ0v) is 12.7. The van der Waals surface area contributed by atoms with Gasteiger partial charge in [-0.2, -0.15) is 0 Å². The van der Waals surface area contributed by atoms with Crippen LogP contribution in [0.3, 0.4) is 0 Å². The van der Waals surface area contributed by atoms with Gasteiger partial charge in [-0.25, -0.2) is 9.80 Å². The number of hydrazine groups is 1. The van der Waals surface area contributed by atoms with Crippen LogP contribution in [0, 0.1) is 0 Å². The number of amides is 4. The largest absolute Gasteiger partial charge is 0.325 e. The van der Waals surface area contributed by atoms with Crippen molar-refractivity contribution in [3.63, 3.8) is 0 Å². The van der Waals surface area contributed by atoms with Crippen molar-refractivity contribution < 1.29 is 14.4 Å². The van der Waals surface area contributed by atoms with Crippen molar-refractivity contribution in [2.45, 2.75) is 45.1 Å². The molecule has 0 aliphatic carbocycles. The predicted octanol–water partition coefficient (Wildman–Crippen LogP) is 0.470. The van der Waals surface area contributed by atoms with E-state index in [2.05, 4.69) is 10.7 Å². The minimum atomic E-state index is -0.834. The minimum Gasteiger partial charge on any atom is -0.323 e. The number of rotatable bonds is 7. The molecular weight excluding hydrogens is 260 g/mol. The summed E-state index contributed by atoms with van der Waals surface area (Å²) >= 11 is 0. The van der Waals surface area contributed by atoms with Gasteiger partial charge in [-0.3, -0.25) is 19.9 Å². The molecule has 1 rings (SSSR count). The molecular formula is C13H24N4O3. The van der Waals surface area contributed by atoms with E-state index in [9.17, 15) is 14.4 Å². The molecule has 1 aliphatic rings. The highest BCUT2D eigenvalue weighted by Crippen LogP contribution is 2.27. The fourth-order valence-electron chi connectivity index (χ4n) is 2.57. The van der Waals surface area contributed by atoms with Crippen molar-refractivity contribution in [3.05, 3.63) is 0 Å². The molecule has 0 saturated carbocycles. The number of hydrogen-bond acceptors (Lipinski definition) is 4. The van der Waals surface area contributed by atoms with E-state index in [1.54, 1.807) is 14.1 Å². The van der Waals surface area contributed by atoms with Gasteiger partial charge in [0.15, 0.2) is 0 Å². The Kier molecular flexibility index (Phi) is 5.50.